The summed E-state index contributed by atoms with van der Waals surface area (Å²) in [5.41, 5.74) is 1.02. The molecule has 0 atom stereocenters. The highest BCUT2D eigenvalue weighted by atomic mass is 16.3. The second-order valence-corrected chi connectivity index (χ2v) is 5.95. The van der Waals surface area contributed by atoms with Crippen molar-refractivity contribution in [2.45, 2.75) is 26.0 Å². The summed E-state index contributed by atoms with van der Waals surface area (Å²) in [7, 11) is 1.66. The van der Waals surface area contributed by atoms with Gasteiger partial charge in [-0.15, -0.1) is 0 Å². The fourth-order valence-corrected chi connectivity index (χ4v) is 2.20. The van der Waals surface area contributed by atoms with Gasteiger partial charge in [0.05, 0.1) is 17.8 Å². The van der Waals surface area contributed by atoms with E-state index in [0.717, 1.165) is 11.3 Å². The van der Waals surface area contributed by atoms with Crippen LogP contribution >= 0.6 is 0 Å². The van der Waals surface area contributed by atoms with Crippen molar-refractivity contribution >= 4 is 6.03 Å². The predicted octanol–water partition coefficient (Wildman–Crippen LogP) is 1.78. The fourth-order valence-electron chi connectivity index (χ4n) is 2.20. The number of rotatable bonds is 5. The molecule has 0 aliphatic carbocycles. The normalized spacial score (nSPS) is 11.3. The molecule has 6 nitrogen and oxygen atoms in total. The van der Waals surface area contributed by atoms with Gasteiger partial charge in [0.15, 0.2) is 0 Å². The second kappa shape index (κ2) is 6.62. The number of carbonyl (C=O) groups excluding carboxylic acids is 1. The first-order chi connectivity index (χ1) is 10.3. The van der Waals surface area contributed by atoms with Gasteiger partial charge in [-0.05, 0) is 37.6 Å². The van der Waals surface area contributed by atoms with Gasteiger partial charge in [0, 0.05) is 26.0 Å². The molecule has 0 bridgehead atoms. The van der Waals surface area contributed by atoms with Crippen molar-refractivity contribution in [2.75, 3.05) is 13.6 Å². The lowest BCUT2D eigenvalue weighted by Gasteiger charge is -2.25. The number of hydrogen-bond donors (Lipinski definition) is 2. The van der Waals surface area contributed by atoms with E-state index in [1.54, 1.807) is 31.8 Å². The second-order valence-electron chi connectivity index (χ2n) is 5.95. The monoisotopic (exact) mass is 302 g/mol. The Kier molecular flexibility index (Phi) is 4.82. The van der Waals surface area contributed by atoms with Crippen LogP contribution in [0.15, 0.2) is 42.7 Å². The van der Waals surface area contributed by atoms with Crippen LogP contribution in [0.3, 0.4) is 0 Å². The molecule has 1 heterocycles. The molecule has 0 spiro atoms. The minimum atomic E-state index is -0.911. The molecule has 118 valence electrons. The summed E-state index contributed by atoms with van der Waals surface area (Å²) in [5.74, 6) is 0. The SMILES string of the molecule is CN(CC(C)(C)O)C(=O)NCc1cccc(-n2cccn2)c1. The lowest BCUT2D eigenvalue weighted by atomic mass is 10.1. The Labute approximate surface area is 130 Å². The van der Waals surface area contributed by atoms with E-state index in [1.807, 2.05) is 36.5 Å². The summed E-state index contributed by atoms with van der Waals surface area (Å²) in [6, 6.07) is 9.45. The van der Waals surface area contributed by atoms with Gasteiger partial charge >= 0.3 is 6.03 Å². The Morgan fingerprint density at radius 1 is 1.41 bits per heavy atom. The molecule has 0 saturated heterocycles. The number of urea groups is 1. The Bertz CT molecular complexity index is 617. The largest absolute Gasteiger partial charge is 0.389 e. The van der Waals surface area contributed by atoms with Gasteiger partial charge in [0.25, 0.3) is 0 Å². The zero-order valence-corrected chi connectivity index (χ0v) is 13.2. The van der Waals surface area contributed by atoms with Crippen LogP contribution < -0.4 is 5.32 Å². The van der Waals surface area contributed by atoms with Crippen LogP contribution in [0.4, 0.5) is 4.79 Å². The molecule has 2 rings (SSSR count). The molecule has 0 saturated carbocycles. The number of nitrogens with zero attached hydrogens (tertiary/aromatic N) is 3. The van der Waals surface area contributed by atoms with Crippen molar-refractivity contribution < 1.29 is 9.90 Å². The van der Waals surface area contributed by atoms with Crippen molar-refractivity contribution in [3.8, 4) is 5.69 Å². The summed E-state index contributed by atoms with van der Waals surface area (Å²) in [5, 5.41) is 16.8. The molecular weight excluding hydrogens is 280 g/mol. The van der Waals surface area contributed by atoms with Crippen molar-refractivity contribution in [3.63, 3.8) is 0 Å². The molecule has 0 radical (unpaired) electrons. The van der Waals surface area contributed by atoms with Crippen LogP contribution in [-0.2, 0) is 6.54 Å². The van der Waals surface area contributed by atoms with Gasteiger partial charge in [0.2, 0.25) is 0 Å². The molecule has 1 aromatic heterocycles. The number of amides is 2. The topological polar surface area (TPSA) is 70.4 Å². The molecule has 0 aliphatic rings. The smallest absolute Gasteiger partial charge is 0.317 e. The lowest BCUT2D eigenvalue weighted by molar-refractivity contribution is 0.0531. The third-order valence-corrected chi connectivity index (χ3v) is 3.09. The first-order valence-corrected chi connectivity index (χ1v) is 7.15. The van der Waals surface area contributed by atoms with E-state index < -0.39 is 5.60 Å². The van der Waals surface area contributed by atoms with E-state index in [0.29, 0.717) is 6.54 Å². The Hall–Kier alpha value is -2.34. The summed E-state index contributed by atoms with van der Waals surface area (Å²) in [6.45, 7) is 4.03. The van der Waals surface area contributed by atoms with Crippen molar-refractivity contribution in [1.29, 1.82) is 0 Å². The van der Waals surface area contributed by atoms with E-state index in [-0.39, 0.29) is 12.6 Å². The van der Waals surface area contributed by atoms with Crippen LogP contribution in [0.1, 0.15) is 19.4 Å². The molecule has 0 fully saturated rings. The zero-order chi connectivity index (χ0) is 16.2. The first kappa shape index (κ1) is 16.0. The summed E-state index contributed by atoms with van der Waals surface area (Å²) < 4.78 is 1.77. The number of nitrogens with one attached hydrogen (secondary N) is 1. The number of benzene rings is 1. The molecular formula is C16H22N4O2. The quantitative estimate of drug-likeness (QED) is 0.884. The highest BCUT2D eigenvalue weighted by Crippen LogP contribution is 2.10. The minimum Gasteiger partial charge on any atom is -0.389 e. The van der Waals surface area contributed by atoms with Gasteiger partial charge in [-0.25, -0.2) is 9.48 Å². The maximum Gasteiger partial charge on any atom is 0.317 e. The van der Waals surface area contributed by atoms with Crippen molar-refractivity contribution in [1.82, 2.24) is 20.0 Å². The molecule has 0 unspecified atom stereocenters. The van der Waals surface area contributed by atoms with Crippen molar-refractivity contribution in [3.05, 3.63) is 48.3 Å². The Balaban J connectivity index is 1.94. The predicted molar refractivity (Wildman–Crippen MR) is 84.7 cm³/mol. The zero-order valence-electron chi connectivity index (χ0n) is 13.2. The van der Waals surface area contributed by atoms with Gasteiger partial charge in [-0.2, -0.15) is 5.10 Å². The van der Waals surface area contributed by atoms with Crippen LogP contribution in [0, 0.1) is 0 Å². The summed E-state index contributed by atoms with van der Waals surface area (Å²) in [4.78, 5) is 13.5. The van der Waals surface area contributed by atoms with E-state index in [4.69, 9.17) is 0 Å². The molecule has 22 heavy (non-hydrogen) atoms. The van der Waals surface area contributed by atoms with E-state index in [1.165, 1.54) is 4.90 Å². The van der Waals surface area contributed by atoms with Gasteiger partial charge in [-0.1, -0.05) is 12.1 Å². The summed E-state index contributed by atoms with van der Waals surface area (Å²) in [6.07, 6.45) is 3.59. The van der Waals surface area contributed by atoms with Crippen LogP contribution in [0.2, 0.25) is 0 Å². The van der Waals surface area contributed by atoms with Gasteiger partial charge in [0.1, 0.15) is 0 Å². The van der Waals surface area contributed by atoms with E-state index in [2.05, 4.69) is 10.4 Å². The average Bonchev–Trinajstić information content (AvgIpc) is 2.97. The highest BCUT2D eigenvalue weighted by Gasteiger charge is 2.18. The first-order valence-electron chi connectivity index (χ1n) is 7.15. The molecule has 0 aliphatic heterocycles. The van der Waals surface area contributed by atoms with Crippen LogP contribution in [0.25, 0.3) is 5.69 Å². The van der Waals surface area contributed by atoms with E-state index >= 15 is 0 Å². The fraction of sp³-hybridized carbons (Fsp3) is 0.375. The van der Waals surface area contributed by atoms with Crippen LogP contribution in [-0.4, -0.2) is 45.0 Å². The third kappa shape index (κ3) is 4.60. The lowest BCUT2D eigenvalue weighted by Crippen LogP contribution is -2.44. The van der Waals surface area contributed by atoms with Crippen LogP contribution in [0.5, 0.6) is 0 Å². The Morgan fingerprint density at radius 3 is 2.82 bits per heavy atom. The summed E-state index contributed by atoms with van der Waals surface area (Å²) >= 11 is 0. The maximum absolute atomic E-state index is 12.0. The van der Waals surface area contributed by atoms with E-state index in [9.17, 15) is 9.90 Å². The molecule has 6 heteroatoms. The van der Waals surface area contributed by atoms with Gasteiger partial charge in [-0.3, -0.25) is 0 Å². The van der Waals surface area contributed by atoms with Crippen molar-refractivity contribution in [2.24, 2.45) is 0 Å². The third-order valence-electron chi connectivity index (χ3n) is 3.09. The molecule has 1 aromatic carbocycles. The maximum atomic E-state index is 12.0. The average molecular weight is 302 g/mol. The molecule has 2 N–H and O–H groups in total. The standard InChI is InChI=1S/C16H22N4O2/c1-16(2,22)12-19(3)15(21)17-11-13-6-4-7-14(10-13)20-9-5-8-18-20/h4-10,22H,11-12H2,1-3H3,(H,17,21). The minimum absolute atomic E-state index is 0.216. The molecule has 2 aromatic rings. The highest BCUT2D eigenvalue weighted by molar-refractivity contribution is 5.73. The Morgan fingerprint density at radius 2 is 2.18 bits per heavy atom. The molecule has 2 amide bonds. The number of likely N-dealkylation sites (N-methyl/N-ethyl adjacent to an activating group) is 1. The number of aliphatic hydroxyl groups is 1. The number of carbonyl (C=O) groups is 1. The number of hydrogen-bond acceptors (Lipinski definition) is 3. The number of aromatic nitrogens is 2. The van der Waals surface area contributed by atoms with Gasteiger partial charge < -0.3 is 15.3 Å².